The number of nitrogens with zero attached hydrogens (tertiary/aromatic N) is 3. The summed E-state index contributed by atoms with van der Waals surface area (Å²) in [4.78, 5) is 10.7. The zero-order valence-electron chi connectivity index (χ0n) is 12.3. The summed E-state index contributed by atoms with van der Waals surface area (Å²) in [6.07, 6.45) is 7.60. The van der Waals surface area contributed by atoms with E-state index < -0.39 is 0 Å². The lowest BCUT2D eigenvalue weighted by Gasteiger charge is -2.44. The van der Waals surface area contributed by atoms with Crippen LogP contribution in [0, 0.1) is 0 Å². The van der Waals surface area contributed by atoms with Gasteiger partial charge >= 0.3 is 0 Å². The summed E-state index contributed by atoms with van der Waals surface area (Å²) >= 11 is 5.80. The molecule has 0 N–H and O–H groups in total. The molecular weight excluding hydrogens is 298 g/mol. The fraction of sp³-hybridized carbons (Fsp3) is 0.412. The highest BCUT2D eigenvalue weighted by molar-refractivity contribution is 6.29. The largest absolute Gasteiger partial charge is 0.487 e. The number of piperidine rings is 1. The third-order valence-corrected chi connectivity index (χ3v) is 4.95. The first-order valence-electron chi connectivity index (χ1n) is 7.74. The predicted molar refractivity (Wildman–Crippen MR) is 86.6 cm³/mol. The van der Waals surface area contributed by atoms with Crippen LogP contribution in [0.2, 0.25) is 5.15 Å². The number of hydrogen-bond donors (Lipinski definition) is 0. The van der Waals surface area contributed by atoms with Gasteiger partial charge in [-0.3, -0.25) is 0 Å². The van der Waals surface area contributed by atoms with Crippen molar-refractivity contribution in [3.63, 3.8) is 0 Å². The number of fused-ring (bicyclic) bond motifs is 1. The Morgan fingerprint density at radius 1 is 1.05 bits per heavy atom. The molecule has 0 bridgehead atoms. The van der Waals surface area contributed by atoms with E-state index in [1.54, 1.807) is 12.4 Å². The highest BCUT2D eigenvalue weighted by Crippen LogP contribution is 2.39. The normalized spacial score (nSPS) is 19.6. The minimum atomic E-state index is -0.00922. The third-order valence-electron chi connectivity index (χ3n) is 4.75. The number of aryl methyl sites for hydroxylation is 1. The van der Waals surface area contributed by atoms with E-state index in [4.69, 9.17) is 16.3 Å². The number of benzene rings is 1. The molecule has 1 saturated heterocycles. The SMILES string of the molecule is Clc1cnc(N2CCC3(CCc4ccccc4O3)CC2)cn1. The molecule has 2 aromatic rings. The second kappa shape index (κ2) is 5.43. The van der Waals surface area contributed by atoms with Crippen LogP contribution < -0.4 is 9.64 Å². The van der Waals surface area contributed by atoms with Gasteiger partial charge in [0.05, 0.1) is 12.4 Å². The molecule has 4 rings (SSSR count). The molecule has 2 aliphatic heterocycles. The Kier molecular flexibility index (Phi) is 3.41. The summed E-state index contributed by atoms with van der Waals surface area (Å²) in [5.41, 5.74) is 1.32. The second-order valence-corrected chi connectivity index (χ2v) is 6.46. The van der Waals surface area contributed by atoms with Gasteiger partial charge in [-0.2, -0.15) is 0 Å². The Balaban J connectivity index is 1.47. The van der Waals surface area contributed by atoms with Gasteiger partial charge in [0.2, 0.25) is 0 Å². The van der Waals surface area contributed by atoms with Crippen LogP contribution in [0.3, 0.4) is 0 Å². The van der Waals surface area contributed by atoms with Crippen molar-refractivity contribution in [1.82, 2.24) is 9.97 Å². The molecule has 0 unspecified atom stereocenters. The zero-order chi connectivity index (χ0) is 15.0. The highest BCUT2D eigenvalue weighted by Gasteiger charge is 2.39. The Morgan fingerprint density at radius 2 is 1.86 bits per heavy atom. The van der Waals surface area contributed by atoms with E-state index >= 15 is 0 Å². The summed E-state index contributed by atoms with van der Waals surface area (Å²) in [6.45, 7) is 1.89. The summed E-state index contributed by atoms with van der Waals surface area (Å²) in [5.74, 6) is 1.96. The molecule has 2 aliphatic rings. The molecule has 0 atom stereocenters. The van der Waals surface area contributed by atoms with E-state index in [1.807, 2.05) is 0 Å². The van der Waals surface area contributed by atoms with Crippen molar-refractivity contribution in [1.29, 1.82) is 0 Å². The number of aromatic nitrogens is 2. The van der Waals surface area contributed by atoms with E-state index in [9.17, 15) is 0 Å². The molecule has 1 aromatic carbocycles. The first kappa shape index (κ1) is 13.8. The molecule has 3 heterocycles. The van der Waals surface area contributed by atoms with Crippen molar-refractivity contribution in [3.8, 4) is 5.75 Å². The average Bonchev–Trinajstić information content (AvgIpc) is 2.56. The minimum Gasteiger partial charge on any atom is -0.487 e. The maximum absolute atomic E-state index is 6.38. The van der Waals surface area contributed by atoms with Gasteiger partial charge in [0.25, 0.3) is 0 Å². The third kappa shape index (κ3) is 2.52. The van der Waals surface area contributed by atoms with Crippen molar-refractivity contribution in [2.24, 2.45) is 0 Å². The van der Waals surface area contributed by atoms with Gasteiger partial charge in [0.15, 0.2) is 0 Å². The summed E-state index contributed by atoms with van der Waals surface area (Å²) in [5, 5.41) is 0.435. The molecule has 1 aromatic heterocycles. The predicted octanol–water partition coefficient (Wildman–Crippen LogP) is 3.49. The van der Waals surface area contributed by atoms with Crippen LogP contribution in [0.1, 0.15) is 24.8 Å². The lowest BCUT2D eigenvalue weighted by Crippen LogP contribution is -2.50. The molecule has 22 heavy (non-hydrogen) atoms. The van der Waals surface area contributed by atoms with Gasteiger partial charge < -0.3 is 9.64 Å². The second-order valence-electron chi connectivity index (χ2n) is 6.08. The number of ether oxygens (including phenoxy) is 1. The maximum Gasteiger partial charge on any atom is 0.147 e. The van der Waals surface area contributed by atoms with Gasteiger partial charge in [-0.05, 0) is 24.5 Å². The Hall–Kier alpha value is -1.81. The van der Waals surface area contributed by atoms with Crippen LogP contribution in [-0.2, 0) is 6.42 Å². The number of halogens is 1. The molecule has 1 spiro atoms. The first-order valence-corrected chi connectivity index (χ1v) is 8.11. The molecule has 0 saturated carbocycles. The standard InChI is InChI=1S/C17H18ClN3O/c18-15-11-20-16(12-19-15)21-9-7-17(8-10-21)6-5-13-3-1-2-4-14(13)22-17/h1-4,11-12H,5-10H2. The Morgan fingerprint density at radius 3 is 2.64 bits per heavy atom. The van der Waals surface area contributed by atoms with E-state index in [-0.39, 0.29) is 5.60 Å². The number of rotatable bonds is 1. The van der Waals surface area contributed by atoms with E-state index in [0.717, 1.165) is 50.3 Å². The Bertz CT molecular complexity index is 666. The van der Waals surface area contributed by atoms with Crippen molar-refractivity contribution in [2.45, 2.75) is 31.3 Å². The first-order chi connectivity index (χ1) is 10.7. The molecule has 0 aliphatic carbocycles. The van der Waals surface area contributed by atoms with Gasteiger partial charge in [0, 0.05) is 25.9 Å². The molecule has 5 heteroatoms. The smallest absolute Gasteiger partial charge is 0.147 e. The van der Waals surface area contributed by atoms with Gasteiger partial charge in [-0.15, -0.1) is 0 Å². The van der Waals surface area contributed by atoms with Crippen molar-refractivity contribution in [2.75, 3.05) is 18.0 Å². The Labute approximate surface area is 135 Å². The fourth-order valence-corrected chi connectivity index (χ4v) is 3.52. The van der Waals surface area contributed by atoms with E-state index in [1.165, 1.54) is 5.56 Å². The molecule has 0 amide bonds. The number of anilines is 1. The molecule has 4 nitrogen and oxygen atoms in total. The van der Waals surface area contributed by atoms with E-state index in [2.05, 4.69) is 39.1 Å². The van der Waals surface area contributed by atoms with Crippen LogP contribution >= 0.6 is 11.6 Å². The quantitative estimate of drug-likeness (QED) is 0.807. The van der Waals surface area contributed by atoms with Gasteiger partial charge in [-0.1, -0.05) is 29.8 Å². The van der Waals surface area contributed by atoms with Crippen LogP contribution in [0.5, 0.6) is 5.75 Å². The lowest BCUT2D eigenvalue weighted by molar-refractivity contribution is 0.0224. The summed E-state index contributed by atoms with van der Waals surface area (Å²) in [6, 6.07) is 8.40. The summed E-state index contributed by atoms with van der Waals surface area (Å²) in [7, 11) is 0. The van der Waals surface area contributed by atoms with Crippen LogP contribution in [-0.4, -0.2) is 28.7 Å². The van der Waals surface area contributed by atoms with Crippen LogP contribution in [0.25, 0.3) is 0 Å². The molecule has 114 valence electrons. The van der Waals surface area contributed by atoms with Crippen molar-refractivity contribution < 1.29 is 4.74 Å². The highest BCUT2D eigenvalue weighted by atomic mass is 35.5. The van der Waals surface area contributed by atoms with Gasteiger partial charge in [0.1, 0.15) is 22.3 Å². The number of hydrogen-bond acceptors (Lipinski definition) is 4. The maximum atomic E-state index is 6.38. The van der Waals surface area contributed by atoms with Crippen molar-refractivity contribution in [3.05, 3.63) is 47.4 Å². The molecule has 1 fully saturated rings. The topological polar surface area (TPSA) is 38.2 Å². The molecular formula is C17H18ClN3O. The summed E-state index contributed by atoms with van der Waals surface area (Å²) < 4.78 is 6.38. The monoisotopic (exact) mass is 315 g/mol. The molecule has 0 radical (unpaired) electrons. The number of para-hydroxylation sites is 1. The average molecular weight is 316 g/mol. The van der Waals surface area contributed by atoms with Crippen LogP contribution in [0.4, 0.5) is 5.82 Å². The van der Waals surface area contributed by atoms with E-state index in [0.29, 0.717) is 5.15 Å². The zero-order valence-corrected chi connectivity index (χ0v) is 13.1. The van der Waals surface area contributed by atoms with Crippen LogP contribution in [0.15, 0.2) is 36.7 Å². The minimum absolute atomic E-state index is 0.00922. The van der Waals surface area contributed by atoms with Gasteiger partial charge in [-0.25, -0.2) is 9.97 Å². The van der Waals surface area contributed by atoms with Crippen molar-refractivity contribution >= 4 is 17.4 Å². The lowest BCUT2D eigenvalue weighted by atomic mass is 9.83. The fourth-order valence-electron chi connectivity index (χ4n) is 3.42.